The van der Waals surface area contributed by atoms with Gasteiger partial charge in [0.25, 0.3) is 0 Å². The monoisotopic (exact) mass is 983 g/mol. The van der Waals surface area contributed by atoms with Crippen LogP contribution in [0, 0.1) is 0 Å². The maximum atomic E-state index is 12.2. The molecule has 0 radical (unpaired) electrons. The molecule has 2 rings (SSSR count). The Morgan fingerprint density at radius 2 is 0.826 bits per heavy atom. The van der Waals surface area contributed by atoms with Crippen molar-refractivity contribution in [3.05, 3.63) is 35.4 Å². The number of aliphatic carboxylic acids is 1. The summed E-state index contributed by atoms with van der Waals surface area (Å²) < 4.78 is 33.2. The van der Waals surface area contributed by atoms with Crippen molar-refractivity contribution in [3.8, 4) is 34.5 Å². The predicted molar refractivity (Wildman–Crippen MR) is 257 cm³/mol. The molecule has 0 heterocycles. The van der Waals surface area contributed by atoms with Gasteiger partial charge in [-0.25, -0.2) is 0 Å². The van der Waals surface area contributed by atoms with Gasteiger partial charge in [0.05, 0.1) is 78.1 Å². The third kappa shape index (κ3) is 29.4. The molecule has 69 heavy (non-hydrogen) atoms. The topological polar surface area (TPSA) is 357 Å². The molecule has 0 aromatic heterocycles. The molecule has 0 saturated carbocycles. The average molecular weight is 983 g/mol. The Morgan fingerprint density at radius 1 is 0.493 bits per heavy atom. The SMILES string of the molecule is CNC(=O)CCCCOc1cc(OC)c(CNC(=O)CCCC(=O)NCC(O)CN)c(OC)c1.CNC(=O)CCCCOc1cc(OC)c(CNC(=O)CCCC(=O)O)c(OC)c1.NCC(O)CN. The summed E-state index contributed by atoms with van der Waals surface area (Å²) in [5, 5.41) is 39.7. The molecule has 2 aromatic carbocycles. The van der Waals surface area contributed by atoms with Gasteiger partial charge < -0.3 is 87.5 Å². The molecule has 1 atom stereocenters. The molecule has 23 nitrogen and oxygen atoms in total. The van der Waals surface area contributed by atoms with Gasteiger partial charge in [-0.3, -0.25) is 28.8 Å². The van der Waals surface area contributed by atoms with Crippen molar-refractivity contribution >= 4 is 35.5 Å². The number of ether oxygens (including phenoxy) is 6. The van der Waals surface area contributed by atoms with Crippen molar-refractivity contribution in [2.45, 2.75) is 102 Å². The largest absolute Gasteiger partial charge is 0.496 e. The lowest BCUT2D eigenvalue weighted by Gasteiger charge is -2.16. The second-order valence-corrected chi connectivity index (χ2v) is 15.0. The van der Waals surface area contributed by atoms with E-state index in [1.807, 2.05) is 0 Å². The Morgan fingerprint density at radius 3 is 1.13 bits per heavy atom. The second-order valence-electron chi connectivity index (χ2n) is 15.0. The van der Waals surface area contributed by atoms with Gasteiger partial charge >= 0.3 is 5.97 Å². The molecule has 1 unspecified atom stereocenters. The molecular weight excluding hydrogens is 905 g/mol. The van der Waals surface area contributed by atoms with Crippen LogP contribution in [-0.4, -0.2) is 145 Å². The quantitative estimate of drug-likeness (QED) is 0.0430. The van der Waals surface area contributed by atoms with Crippen LogP contribution in [0.5, 0.6) is 34.5 Å². The van der Waals surface area contributed by atoms with Crippen LogP contribution in [0.4, 0.5) is 0 Å². The van der Waals surface area contributed by atoms with E-state index in [4.69, 9.17) is 55.8 Å². The van der Waals surface area contributed by atoms with E-state index < -0.39 is 18.2 Å². The van der Waals surface area contributed by atoms with Gasteiger partial charge in [-0.1, -0.05) is 0 Å². The average Bonchev–Trinajstić information content (AvgIpc) is 3.35. The minimum atomic E-state index is -0.926. The van der Waals surface area contributed by atoms with Gasteiger partial charge in [0.1, 0.15) is 34.5 Å². The standard InChI is InChI=1S/C23H38N4O7.C20H30N2O7.C3H10N2O/c1-25-21(29)7-4-5-10-34-17-11-19(32-2)18(20(12-17)33-3)15-27-23(31)9-6-8-22(30)26-14-16(28)13-24;1-21-18(23)7-4-5-10-29-14-11-16(27-2)15(17(12-14)28-3)13-22-19(24)8-6-9-20(25)26;4-1-3(6)2-5/h11-12,16,28H,4-10,13-15,24H2,1-3H3,(H,25,29)(H,26,30)(H,27,31);11-12H,4-10,13H2,1-3H3,(H,21,23)(H,22,24)(H,25,26);3,6H,1-2,4-5H2. The summed E-state index contributed by atoms with van der Waals surface area (Å²) in [4.78, 5) is 68.8. The van der Waals surface area contributed by atoms with E-state index >= 15 is 0 Å². The van der Waals surface area contributed by atoms with E-state index in [0.717, 1.165) is 25.7 Å². The van der Waals surface area contributed by atoms with Gasteiger partial charge in [-0.15, -0.1) is 0 Å². The highest BCUT2D eigenvalue weighted by Crippen LogP contribution is 2.35. The fourth-order valence-corrected chi connectivity index (χ4v) is 5.70. The molecule has 392 valence electrons. The lowest BCUT2D eigenvalue weighted by molar-refractivity contribution is -0.137. The van der Waals surface area contributed by atoms with E-state index in [0.29, 0.717) is 78.1 Å². The minimum absolute atomic E-state index is 0.000327. The number of carboxylic acids is 1. The zero-order chi connectivity index (χ0) is 52.0. The summed E-state index contributed by atoms with van der Waals surface area (Å²) in [7, 11) is 9.29. The van der Waals surface area contributed by atoms with Crippen LogP contribution in [0.2, 0.25) is 0 Å². The van der Waals surface area contributed by atoms with Crippen molar-refractivity contribution in [2.24, 2.45) is 17.2 Å². The first kappa shape index (κ1) is 62.9. The van der Waals surface area contributed by atoms with Crippen molar-refractivity contribution in [1.29, 1.82) is 0 Å². The fourth-order valence-electron chi connectivity index (χ4n) is 5.70. The molecule has 2 aromatic rings. The third-order valence-electron chi connectivity index (χ3n) is 9.73. The van der Waals surface area contributed by atoms with Crippen molar-refractivity contribution in [1.82, 2.24) is 26.6 Å². The van der Waals surface area contributed by atoms with Crippen molar-refractivity contribution in [3.63, 3.8) is 0 Å². The number of nitrogens with two attached hydrogens (primary N) is 3. The first-order valence-corrected chi connectivity index (χ1v) is 22.7. The summed E-state index contributed by atoms with van der Waals surface area (Å²) in [6.07, 6.45) is 3.60. The number of aliphatic hydroxyl groups excluding tert-OH is 2. The number of benzene rings is 2. The zero-order valence-corrected chi connectivity index (χ0v) is 41.1. The molecule has 0 aliphatic rings. The van der Waals surface area contributed by atoms with Crippen LogP contribution in [0.3, 0.4) is 0 Å². The molecular formula is C46H78N8O15. The second kappa shape index (κ2) is 38.8. The maximum absolute atomic E-state index is 12.2. The van der Waals surface area contributed by atoms with Crippen LogP contribution in [-0.2, 0) is 41.9 Å². The molecule has 14 N–H and O–H groups in total. The first-order valence-electron chi connectivity index (χ1n) is 22.7. The Labute approximate surface area is 405 Å². The van der Waals surface area contributed by atoms with Crippen molar-refractivity contribution < 1.29 is 72.5 Å². The molecule has 0 bridgehead atoms. The number of carboxylic acid groups (broad SMARTS) is 1. The van der Waals surface area contributed by atoms with Gasteiger partial charge in [0, 0.05) is 103 Å². The summed E-state index contributed by atoms with van der Waals surface area (Å²) >= 11 is 0. The molecule has 0 spiro atoms. The third-order valence-corrected chi connectivity index (χ3v) is 9.73. The lowest BCUT2D eigenvalue weighted by atomic mass is 10.1. The molecule has 0 saturated heterocycles. The summed E-state index contributed by atoms with van der Waals surface area (Å²) in [6, 6.07) is 6.88. The van der Waals surface area contributed by atoms with Crippen molar-refractivity contribution in [2.75, 3.05) is 81.9 Å². The Kier molecular flexibility index (Phi) is 35.3. The first-order chi connectivity index (χ1) is 33.0. The van der Waals surface area contributed by atoms with E-state index in [-0.39, 0.29) is 101 Å². The summed E-state index contributed by atoms with van der Waals surface area (Å²) in [5.41, 5.74) is 16.5. The fraction of sp³-hybridized carbons (Fsp3) is 0.609. The number of aliphatic hydroxyl groups is 2. The molecule has 23 heteroatoms. The van der Waals surface area contributed by atoms with Crippen LogP contribution in [0.15, 0.2) is 24.3 Å². The smallest absolute Gasteiger partial charge is 0.303 e. The van der Waals surface area contributed by atoms with Gasteiger partial charge in [0.15, 0.2) is 0 Å². The Hall–Kier alpha value is -6.14. The molecule has 0 fully saturated rings. The highest BCUT2D eigenvalue weighted by atomic mass is 16.5. The Bertz CT molecular complexity index is 1770. The number of carbonyl (C=O) groups excluding carboxylic acids is 5. The van der Waals surface area contributed by atoms with E-state index in [2.05, 4.69) is 26.6 Å². The van der Waals surface area contributed by atoms with Crippen LogP contribution in [0.1, 0.15) is 88.2 Å². The van der Waals surface area contributed by atoms with E-state index in [1.165, 1.54) is 28.4 Å². The normalized spacial score (nSPS) is 10.7. The number of hydrogen-bond acceptors (Lipinski definition) is 17. The van der Waals surface area contributed by atoms with E-state index in [9.17, 15) is 33.9 Å². The predicted octanol–water partition coefficient (Wildman–Crippen LogP) is 0.356. The van der Waals surface area contributed by atoms with Gasteiger partial charge in [-0.2, -0.15) is 0 Å². The van der Waals surface area contributed by atoms with Gasteiger partial charge in [-0.05, 0) is 38.5 Å². The van der Waals surface area contributed by atoms with Crippen LogP contribution >= 0.6 is 0 Å². The summed E-state index contributed by atoms with van der Waals surface area (Å²) in [5.74, 6) is 1.55. The lowest BCUT2D eigenvalue weighted by Crippen LogP contribution is -2.36. The molecule has 0 aliphatic carbocycles. The maximum Gasteiger partial charge on any atom is 0.303 e. The number of hydrogen-bond donors (Lipinski definition) is 11. The number of nitrogens with one attached hydrogen (secondary N) is 5. The zero-order valence-electron chi connectivity index (χ0n) is 41.1. The summed E-state index contributed by atoms with van der Waals surface area (Å²) in [6.45, 7) is 1.95. The number of methoxy groups -OCH3 is 4. The van der Waals surface area contributed by atoms with E-state index in [1.54, 1.807) is 38.4 Å². The minimum Gasteiger partial charge on any atom is -0.496 e. The van der Waals surface area contributed by atoms with Crippen LogP contribution < -0.4 is 72.2 Å². The number of unbranched alkanes of at least 4 members (excludes halogenated alkanes) is 2. The molecule has 0 aliphatic heterocycles. The number of amides is 5. The number of rotatable bonds is 33. The highest BCUT2D eigenvalue weighted by Gasteiger charge is 2.17. The Balaban J connectivity index is 0.00000121. The van der Waals surface area contributed by atoms with Crippen LogP contribution in [0.25, 0.3) is 0 Å². The molecule has 5 amide bonds. The number of carbonyl (C=O) groups is 6. The van der Waals surface area contributed by atoms with Gasteiger partial charge in [0.2, 0.25) is 29.5 Å². The highest BCUT2D eigenvalue weighted by molar-refractivity contribution is 5.79.